The van der Waals surface area contributed by atoms with E-state index in [1.54, 1.807) is 6.07 Å². The number of nitrogens with one attached hydrogen (secondary N) is 1. The summed E-state index contributed by atoms with van der Waals surface area (Å²) < 4.78 is 20.0. The van der Waals surface area contributed by atoms with E-state index in [4.69, 9.17) is 15.9 Å². The van der Waals surface area contributed by atoms with Crippen LogP contribution in [-0.4, -0.2) is 45.1 Å². The second-order valence-electron chi connectivity index (χ2n) is 7.95. The number of nitrogens with zero attached hydrogens (tertiary/aromatic N) is 3. The van der Waals surface area contributed by atoms with Crippen molar-refractivity contribution in [3.8, 4) is 5.75 Å². The molecule has 1 aromatic heterocycles. The molecule has 148 valence electrons. The van der Waals surface area contributed by atoms with Gasteiger partial charge in [0.15, 0.2) is 11.6 Å². The maximum absolute atomic E-state index is 14.3. The van der Waals surface area contributed by atoms with Crippen molar-refractivity contribution in [3.63, 3.8) is 0 Å². The third kappa shape index (κ3) is 3.52. The number of ether oxygens (including phenoxy) is 1. The number of halogens is 1. The van der Waals surface area contributed by atoms with Gasteiger partial charge in [-0.05, 0) is 39.2 Å². The van der Waals surface area contributed by atoms with Gasteiger partial charge in [-0.25, -0.2) is 14.4 Å². The lowest BCUT2D eigenvalue weighted by atomic mass is 10.0. The molecule has 1 aliphatic heterocycles. The maximum atomic E-state index is 14.3. The summed E-state index contributed by atoms with van der Waals surface area (Å²) in [6.45, 7) is 4.43. The van der Waals surface area contributed by atoms with Gasteiger partial charge in [-0.1, -0.05) is 0 Å². The monoisotopic (exact) mass is 385 g/mol. The maximum Gasteiger partial charge on any atom is 0.167 e. The highest BCUT2D eigenvalue weighted by Gasteiger charge is 2.40. The van der Waals surface area contributed by atoms with Crippen LogP contribution in [0.4, 0.5) is 15.9 Å². The number of aliphatic hydroxyl groups excluding tert-OH is 1. The minimum absolute atomic E-state index is 0.0688. The quantitative estimate of drug-likeness (QED) is 0.539. The summed E-state index contributed by atoms with van der Waals surface area (Å²) in [6, 6.07) is 4.50. The standard InChI is InChI=1S/C20H24FN5O2/c1-11-5-12(27)9-26(11)18-8-16(24-10-25-18)19(23)13-6-17(14(21)7-15(13)22)28-20(2)3-4-20/h6-8,10-12,23,27H,3-5,9,22H2,1-2H3/t11-,12+/m0/s1. The largest absolute Gasteiger partial charge is 0.484 e. The van der Waals surface area contributed by atoms with Gasteiger partial charge >= 0.3 is 0 Å². The zero-order valence-electron chi connectivity index (χ0n) is 15.9. The molecule has 2 atom stereocenters. The summed E-state index contributed by atoms with van der Waals surface area (Å²) in [4.78, 5) is 10.5. The molecule has 0 amide bonds. The molecular formula is C20H24FN5O2. The number of nitrogen functional groups attached to an aromatic ring is 1. The molecule has 7 nitrogen and oxygen atoms in total. The average molecular weight is 385 g/mol. The van der Waals surface area contributed by atoms with Gasteiger partial charge in [0.25, 0.3) is 0 Å². The number of β-amino-alcohol motifs (C(OH)–C–C–N with tert-alkyl or cyclic N) is 1. The van der Waals surface area contributed by atoms with Crippen molar-refractivity contribution < 1.29 is 14.2 Å². The Morgan fingerprint density at radius 2 is 2.11 bits per heavy atom. The van der Waals surface area contributed by atoms with E-state index in [2.05, 4.69) is 9.97 Å². The normalized spacial score (nSPS) is 22.9. The molecule has 28 heavy (non-hydrogen) atoms. The van der Waals surface area contributed by atoms with Crippen molar-refractivity contribution in [1.82, 2.24) is 9.97 Å². The summed E-state index contributed by atoms with van der Waals surface area (Å²) in [5.74, 6) is 0.200. The second-order valence-corrected chi connectivity index (χ2v) is 7.95. The van der Waals surface area contributed by atoms with Crippen molar-refractivity contribution in [3.05, 3.63) is 41.6 Å². The topological polar surface area (TPSA) is 108 Å². The van der Waals surface area contributed by atoms with Crippen LogP contribution in [0.2, 0.25) is 0 Å². The fraction of sp³-hybridized carbons (Fsp3) is 0.450. The van der Waals surface area contributed by atoms with Crippen LogP contribution in [0.25, 0.3) is 0 Å². The first-order valence-electron chi connectivity index (χ1n) is 9.40. The predicted octanol–water partition coefficient (Wildman–Crippen LogP) is 2.50. The number of rotatable bonds is 5. The third-order valence-electron chi connectivity index (χ3n) is 5.44. The van der Waals surface area contributed by atoms with Crippen molar-refractivity contribution >= 4 is 17.2 Å². The molecule has 2 aliphatic rings. The zero-order chi connectivity index (χ0) is 20.1. The number of nitrogens with two attached hydrogens (primary N) is 1. The lowest BCUT2D eigenvalue weighted by Crippen LogP contribution is -2.28. The highest BCUT2D eigenvalue weighted by molar-refractivity contribution is 6.13. The molecule has 2 heterocycles. The van der Waals surface area contributed by atoms with E-state index in [0.717, 1.165) is 12.8 Å². The summed E-state index contributed by atoms with van der Waals surface area (Å²) in [5, 5.41) is 18.5. The van der Waals surface area contributed by atoms with E-state index >= 15 is 0 Å². The Labute approximate surface area is 162 Å². The number of hydrogen-bond donors (Lipinski definition) is 3. The molecule has 0 spiro atoms. The predicted molar refractivity (Wildman–Crippen MR) is 104 cm³/mol. The second kappa shape index (κ2) is 6.70. The Hall–Kier alpha value is -2.74. The van der Waals surface area contributed by atoms with E-state index < -0.39 is 11.9 Å². The van der Waals surface area contributed by atoms with Gasteiger partial charge in [-0.2, -0.15) is 0 Å². The Morgan fingerprint density at radius 3 is 2.75 bits per heavy atom. The summed E-state index contributed by atoms with van der Waals surface area (Å²) in [7, 11) is 0. The summed E-state index contributed by atoms with van der Waals surface area (Å²) >= 11 is 0. The van der Waals surface area contributed by atoms with Crippen molar-refractivity contribution in [1.29, 1.82) is 5.41 Å². The van der Waals surface area contributed by atoms with Crippen LogP contribution in [0.1, 0.15) is 44.4 Å². The molecule has 1 aromatic carbocycles. The van der Waals surface area contributed by atoms with Crippen molar-refractivity contribution in [2.45, 2.75) is 50.9 Å². The molecule has 0 radical (unpaired) electrons. The van der Waals surface area contributed by atoms with Crippen LogP contribution in [-0.2, 0) is 0 Å². The molecule has 4 N–H and O–H groups in total. The number of aliphatic hydroxyl groups is 1. The molecule has 0 bridgehead atoms. The molecule has 2 aromatic rings. The highest BCUT2D eigenvalue weighted by atomic mass is 19.1. The Kier molecular flexibility index (Phi) is 4.45. The number of hydrogen-bond acceptors (Lipinski definition) is 7. The fourth-order valence-corrected chi connectivity index (χ4v) is 3.51. The van der Waals surface area contributed by atoms with E-state index in [1.165, 1.54) is 18.5 Å². The van der Waals surface area contributed by atoms with Crippen molar-refractivity contribution in [2.75, 3.05) is 17.2 Å². The highest BCUT2D eigenvalue weighted by Crippen LogP contribution is 2.41. The molecule has 1 saturated carbocycles. The molecule has 1 aliphatic carbocycles. The van der Waals surface area contributed by atoms with E-state index in [-0.39, 0.29) is 28.8 Å². The Bertz CT molecular complexity index is 931. The Morgan fingerprint density at radius 1 is 1.36 bits per heavy atom. The first kappa shape index (κ1) is 18.6. The molecular weight excluding hydrogens is 361 g/mol. The van der Waals surface area contributed by atoms with Gasteiger partial charge < -0.3 is 20.5 Å². The minimum atomic E-state index is -0.537. The van der Waals surface area contributed by atoms with Crippen LogP contribution >= 0.6 is 0 Å². The molecule has 4 rings (SSSR count). The van der Waals surface area contributed by atoms with Gasteiger partial charge in [0.05, 0.1) is 17.5 Å². The van der Waals surface area contributed by atoms with Gasteiger partial charge in [0.2, 0.25) is 0 Å². The zero-order valence-corrected chi connectivity index (χ0v) is 15.9. The van der Waals surface area contributed by atoms with Crippen LogP contribution in [0, 0.1) is 11.2 Å². The van der Waals surface area contributed by atoms with Gasteiger partial charge in [0, 0.05) is 36.0 Å². The third-order valence-corrected chi connectivity index (χ3v) is 5.44. The van der Waals surface area contributed by atoms with Crippen LogP contribution < -0.4 is 15.4 Å². The van der Waals surface area contributed by atoms with Crippen LogP contribution in [0.15, 0.2) is 24.5 Å². The molecule has 2 fully saturated rings. The molecule has 0 unspecified atom stereocenters. The fourth-order valence-electron chi connectivity index (χ4n) is 3.51. The van der Waals surface area contributed by atoms with Crippen LogP contribution in [0.5, 0.6) is 5.75 Å². The van der Waals surface area contributed by atoms with Gasteiger partial charge in [0.1, 0.15) is 17.7 Å². The number of anilines is 2. The molecule has 1 saturated heterocycles. The van der Waals surface area contributed by atoms with E-state index in [1.807, 2.05) is 18.7 Å². The van der Waals surface area contributed by atoms with E-state index in [0.29, 0.717) is 30.0 Å². The minimum Gasteiger partial charge on any atom is -0.484 e. The Balaban J connectivity index is 1.64. The van der Waals surface area contributed by atoms with Crippen LogP contribution in [0.3, 0.4) is 0 Å². The smallest absolute Gasteiger partial charge is 0.167 e. The first-order chi connectivity index (χ1) is 13.3. The lowest BCUT2D eigenvalue weighted by Gasteiger charge is -2.22. The molecule has 8 heteroatoms. The number of benzene rings is 1. The average Bonchev–Trinajstić information content (AvgIpc) is 3.28. The van der Waals surface area contributed by atoms with Gasteiger partial charge in [-0.15, -0.1) is 0 Å². The van der Waals surface area contributed by atoms with E-state index in [9.17, 15) is 9.50 Å². The van der Waals surface area contributed by atoms with Crippen molar-refractivity contribution in [2.24, 2.45) is 0 Å². The summed E-state index contributed by atoms with van der Waals surface area (Å²) in [5.41, 5.74) is 6.60. The first-order valence-corrected chi connectivity index (χ1v) is 9.40. The SMILES string of the molecule is C[C@H]1C[C@@H](O)CN1c1cc(C(=N)c2cc(OC3(C)CC3)c(F)cc2N)ncn1. The summed E-state index contributed by atoms with van der Waals surface area (Å²) in [6.07, 6.45) is 3.40. The van der Waals surface area contributed by atoms with Gasteiger partial charge in [-0.3, -0.25) is 5.41 Å². The number of aromatic nitrogens is 2. The lowest BCUT2D eigenvalue weighted by molar-refractivity contribution is 0.191.